The Hall–Kier alpha value is -0.530. The third-order valence-corrected chi connectivity index (χ3v) is 2.25. The van der Waals surface area contributed by atoms with Crippen molar-refractivity contribution in [1.82, 2.24) is 0 Å². The van der Waals surface area contributed by atoms with E-state index in [0.29, 0.717) is 6.61 Å². The molecule has 88 valence electrons. The van der Waals surface area contributed by atoms with Gasteiger partial charge in [-0.15, -0.1) is 0 Å². The van der Waals surface area contributed by atoms with Crippen LogP contribution in [0.4, 0.5) is 0 Å². The second-order valence-corrected chi connectivity index (χ2v) is 3.19. The zero-order valence-corrected chi connectivity index (χ0v) is 8.75. The van der Waals surface area contributed by atoms with Gasteiger partial charge < -0.3 is 24.4 Å². The molecule has 1 heterocycles. The molecule has 0 unspecified atom stereocenters. The number of aliphatic hydroxyl groups excluding tert-OH is 2. The average molecular weight is 220 g/mol. The predicted octanol–water partition coefficient (Wildman–Crippen LogP) is -1.31. The first kappa shape index (κ1) is 12.5. The molecular weight excluding hydrogens is 204 g/mol. The number of aliphatic hydroxyl groups is 2. The summed E-state index contributed by atoms with van der Waals surface area (Å²) in [6.45, 7) is 1.72. The molecule has 1 rings (SSSR count). The smallest absolute Gasteiger partial charge is 0.220 e. The summed E-state index contributed by atoms with van der Waals surface area (Å²) in [5.74, 6) is -0.583. The molecule has 0 spiro atoms. The minimum Gasteiger partial charge on any atom is -0.394 e. The number of ether oxygens (including phenoxy) is 3. The highest BCUT2D eigenvalue weighted by atomic mass is 16.7. The molecule has 6 nitrogen and oxygen atoms in total. The van der Waals surface area contributed by atoms with Crippen molar-refractivity contribution in [3.8, 4) is 0 Å². The minimum atomic E-state index is -1.32. The largest absolute Gasteiger partial charge is 0.394 e. The molecule has 0 amide bonds. The Morgan fingerprint density at radius 2 is 2.20 bits per heavy atom. The van der Waals surface area contributed by atoms with Crippen LogP contribution in [0.15, 0.2) is 0 Å². The van der Waals surface area contributed by atoms with Crippen molar-refractivity contribution in [2.75, 3.05) is 20.3 Å². The molecule has 0 aromatic heterocycles. The van der Waals surface area contributed by atoms with Crippen LogP contribution in [0.5, 0.6) is 0 Å². The van der Waals surface area contributed by atoms with Gasteiger partial charge >= 0.3 is 0 Å². The molecule has 15 heavy (non-hydrogen) atoms. The summed E-state index contributed by atoms with van der Waals surface area (Å²) in [5, 5.41) is 18.6. The van der Waals surface area contributed by atoms with Gasteiger partial charge in [-0.3, -0.25) is 4.79 Å². The highest BCUT2D eigenvalue weighted by Gasteiger charge is 2.44. The lowest BCUT2D eigenvalue weighted by Gasteiger charge is -2.36. The third-order valence-electron chi connectivity index (χ3n) is 2.25. The van der Waals surface area contributed by atoms with Crippen molar-refractivity contribution in [3.63, 3.8) is 0 Å². The van der Waals surface area contributed by atoms with Gasteiger partial charge in [0, 0.05) is 13.7 Å². The lowest BCUT2D eigenvalue weighted by Crippen LogP contribution is -2.57. The second-order valence-electron chi connectivity index (χ2n) is 3.19. The van der Waals surface area contributed by atoms with Crippen molar-refractivity contribution in [1.29, 1.82) is 0 Å². The number of carbonyl (C=O) groups excluding carboxylic acids is 1. The Bertz CT molecular complexity index is 219. The van der Waals surface area contributed by atoms with E-state index in [0.717, 1.165) is 0 Å². The molecular formula is C9H16O6. The van der Waals surface area contributed by atoms with Gasteiger partial charge in [0.15, 0.2) is 0 Å². The van der Waals surface area contributed by atoms with Crippen LogP contribution in [-0.2, 0) is 19.0 Å². The number of methoxy groups -OCH3 is 1. The molecule has 1 aliphatic rings. The van der Waals surface area contributed by atoms with Gasteiger partial charge in [0.05, 0.1) is 6.61 Å². The molecule has 0 bridgehead atoms. The van der Waals surface area contributed by atoms with Crippen molar-refractivity contribution < 1.29 is 29.2 Å². The number of hydrogen-bond donors (Lipinski definition) is 2. The SMILES string of the molecule is CCO[C@H]1[C@@H](CO)O[C@@H](OC)C(=O)[C@@H]1O. The monoisotopic (exact) mass is 220 g/mol. The molecule has 1 fully saturated rings. The number of carbonyl (C=O) groups is 1. The molecule has 4 atom stereocenters. The number of ketones is 1. The number of rotatable bonds is 4. The lowest BCUT2D eigenvalue weighted by atomic mass is 10.0. The average Bonchev–Trinajstić information content (AvgIpc) is 2.25. The maximum absolute atomic E-state index is 11.4. The molecule has 2 N–H and O–H groups in total. The first-order valence-corrected chi connectivity index (χ1v) is 4.78. The van der Waals surface area contributed by atoms with E-state index in [1.54, 1.807) is 6.92 Å². The molecule has 0 aromatic rings. The quantitative estimate of drug-likeness (QED) is 0.611. The van der Waals surface area contributed by atoms with Gasteiger partial charge in [-0.05, 0) is 6.92 Å². The minimum absolute atomic E-state index is 0.326. The van der Waals surface area contributed by atoms with E-state index in [2.05, 4.69) is 0 Å². The van der Waals surface area contributed by atoms with Crippen LogP contribution in [0.2, 0.25) is 0 Å². The maximum Gasteiger partial charge on any atom is 0.220 e. The van der Waals surface area contributed by atoms with Gasteiger partial charge in [-0.25, -0.2) is 0 Å². The first-order valence-electron chi connectivity index (χ1n) is 4.78. The zero-order chi connectivity index (χ0) is 11.4. The van der Waals surface area contributed by atoms with Gasteiger partial charge in [0.25, 0.3) is 0 Å². The fourth-order valence-corrected chi connectivity index (χ4v) is 1.52. The Morgan fingerprint density at radius 1 is 1.53 bits per heavy atom. The van der Waals surface area contributed by atoms with E-state index in [-0.39, 0.29) is 6.61 Å². The number of Topliss-reactive ketones (excluding diaryl/α,β-unsaturated/α-hetero) is 1. The van der Waals surface area contributed by atoms with Crippen LogP contribution in [0.3, 0.4) is 0 Å². The number of hydrogen-bond acceptors (Lipinski definition) is 6. The summed E-state index contributed by atoms with van der Waals surface area (Å²) in [4.78, 5) is 11.4. The fraction of sp³-hybridized carbons (Fsp3) is 0.889. The van der Waals surface area contributed by atoms with Crippen molar-refractivity contribution >= 4 is 5.78 Å². The standard InChI is InChI=1S/C9H16O6/c1-3-14-8-5(4-10)15-9(13-2)7(12)6(8)11/h5-6,8-11H,3-4H2,1-2H3/t5-,6+,8+,9-/m1/s1. The van der Waals surface area contributed by atoms with Crippen LogP contribution < -0.4 is 0 Å². The molecule has 0 saturated carbocycles. The van der Waals surface area contributed by atoms with E-state index in [4.69, 9.17) is 19.3 Å². The Morgan fingerprint density at radius 3 is 2.67 bits per heavy atom. The highest BCUT2D eigenvalue weighted by Crippen LogP contribution is 2.20. The molecule has 1 saturated heterocycles. The van der Waals surface area contributed by atoms with Crippen LogP contribution in [0, 0.1) is 0 Å². The summed E-state index contributed by atoms with van der Waals surface area (Å²) < 4.78 is 15.0. The van der Waals surface area contributed by atoms with Gasteiger partial charge in [-0.2, -0.15) is 0 Å². The van der Waals surface area contributed by atoms with E-state index in [1.807, 2.05) is 0 Å². The molecule has 0 radical (unpaired) electrons. The predicted molar refractivity (Wildman–Crippen MR) is 49.2 cm³/mol. The topological polar surface area (TPSA) is 85.2 Å². The molecule has 6 heteroatoms. The Labute approximate surface area is 87.7 Å². The van der Waals surface area contributed by atoms with Gasteiger partial charge in [-0.1, -0.05) is 0 Å². The van der Waals surface area contributed by atoms with E-state index in [9.17, 15) is 9.90 Å². The normalized spacial score (nSPS) is 36.9. The van der Waals surface area contributed by atoms with Crippen LogP contribution in [-0.4, -0.2) is 60.9 Å². The third kappa shape index (κ3) is 2.53. The summed E-state index contributed by atoms with van der Waals surface area (Å²) in [7, 11) is 1.30. The Balaban J connectivity index is 2.75. The van der Waals surface area contributed by atoms with Crippen molar-refractivity contribution in [2.45, 2.75) is 31.5 Å². The van der Waals surface area contributed by atoms with Crippen molar-refractivity contribution in [3.05, 3.63) is 0 Å². The van der Waals surface area contributed by atoms with E-state index >= 15 is 0 Å². The summed E-state index contributed by atoms with van der Waals surface area (Å²) in [6.07, 6.45) is -4.03. The second kappa shape index (κ2) is 5.53. The molecule has 1 aliphatic heterocycles. The van der Waals surface area contributed by atoms with E-state index in [1.165, 1.54) is 7.11 Å². The molecule has 0 aromatic carbocycles. The summed E-state index contributed by atoms with van der Waals surface area (Å²) in [6, 6.07) is 0. The van der Waals surface area contributed by atoms with E-state index < -0.39 is 30.4 Å². The first-order chi connectivity index (χ1) is 7.15. The fourth-order valence-electron chi connectivity index (χ4n) is 1.52. The van der Waals surface area contributed by atoms with Gasteiger partial charge in [0.2, 0.25) is 12.1 Å². The van der Waals surface area contributed by atoms with Crippen LogP contribution >= 0.6 is 0 Å². The van der Waals surface area contributed by atoms with Gasteiger partial charge in [0.1, 0.15) is 18.3 Å². The summed E-state index contributed by atoms with van der Waals surface area (Å²) in [5.41, 5.74) is 0. The maximum atomic E-state index is 11.4. The summed E-state index contributed by atoms with van der Waals surface area (Å²) >= 11 is 0. The van der Waals surface area contributed by atoms with Crippen LogP contribution in [0.1, 0.15) is 6.92 Å². The Kier molecular flexibility index (Phi) is 4.62. The van der Waals surface area contributed by atoms with Crippen LogP contribution in [0.25, 0.3) is 0 Å². The highest BCUT2D eigenvalue weighted by molar-refractivity contribution is 5.87. The zero-order valence-electron chi connectivity index (χ0n) is 8.75. The van der Waals surface area contributed by atoms with Crippen molar-refractivity contribution in [2.24, 2.45) is 0 Å². The lowest BCUT2D eigenvalue weighted by molar-refractivity contribution is -0.240. The molecule has 0 aliphatic carbocycles.